The van der Waals surface area contributed by atoms with Gasteiger partial charge < -0.3 is 5.73 Å². The van der Waals surface area contributed by atoms with E-state index >= 15 is 0 Å². The molecule has 0 bridgehead atoms. The molecule has 17 heavy (non-hydrogen) atoms. The van der Waals surface area contributed by atoms with Crippen molar-refractivity contribution in [2.24, 2.45) is 5.73 Å². The van der Waals surface area contributed by atoms with Crippen LogP contribution in [-0.2, 0) is 12.8 Å². The van der Waals surface area contributed by atoms with E-state index in [1.807, 2.05) is 11.3 Å². The summed E-state index contributed by atoms with van der Waals surface area (Å²) in [5, 5.41) is 2.14. The van der Waals surface area contributed by atoms with Gasteiger partial charge in [-0.1, -0.05) is 6.07 Å². The smallest absolute Gasteiger partial charge is 0.0701 e. The molecule has 0 aliphatic heterocycles. The minimum atomic E-state index is 0.292. The molecule has 0 saturated heterocycles. The Morgan fingerprint density at radius 1 is 1.24 bits per heavy atom. The van der Waals surface area contributed by atoms with Crippen LogP contribution in [0.3, 0.4) is 0 Å². The summed E-state index contributed by atoms with van der Waals surface area (Å²) in [5.41, 5.74) is 6.15. The van der Waals surface area contributed by atoms with Crippen molar-refractivity contribution >= 4 is 38.6 Å². The Bertz CT molecular complexity index is 436. The lowest BCUT2D eigenvalue weighted by Gasteiger charge is -2.09. The number of thiophene rings is 2. The van der Waals surface area contributed by atoms with Crippen LogP contribution >= 0.6 is 38.6 Å². The van der Waals surface area contributed by atoms with Crippen molar-refractivity contribution < 1.29 is 0 Å². The fourth-order valence-corrected chi connectivity index (χ4v) is 4.14. The normalized spacial score (nSPS) is 12.8. The van der Waals surface area contributed by atoms with Crippen molar-refractivity contribution in [1.29, 1.82) is 0 Å². The van der Waals surface area contributed by atoms with Gasteiger partial charge in [0.1, 0.15) is 0 Å². The molecule has 0 saturated carbocycles. The van der Waals surface area contributed by atoms with E-state index in [1.165, 1.54) is 26.4 Å². The Morgan fingerprint density at radius 3 is 2.76 bits per heavy atom. The lowest BCUT2D eigenvalue weighted by atomic mass is 10.1. The van der Waals surface area contributed by atoms with E-state index in [4.69, 9.17) is 5.73 Å². The second kappa shape index (κ2) is 6.69. The Labute approximate surface area is 119 Å². The Hall–Kier alpha value is -0.160. The van der Waals surface area contributed by atoms with Crippen molar-refractivity contribution in [2.45, 2.75) is 31.7 Å². The highest BCUT2D eigenvalue weighted by molar-refractivity contribution is 9.11. The van der Waals surface area contributed by atoms with Crippen LogP contribution in [0.5, 0.6) is 0 Å². The predicted octanol–water partition coefficient (Wildman–Crippen LogP) is 4.46. The minimum absolute atomic E-state index is 0.292. The summed E-state index contributed by atoms with van der Waals surface area (Å²) in [4.78, 5) is 2.84. The van der Waals surface area contributed by atoms with Gasteiger partial charge >= 0.3 is 0 Å². The Morgan fingerprint density at radius 2 is 2.12 bits per heavy atom. The number of nitrogens with two attached hydrogens (primary N) is 1. The second-order valence-electron chi connectivity index (χ2n) is 4.14. The van der Waals surface area contributed by atoms with Crippen LogP contribution in [0.25, 0.3) is 0 Å². The van der Waals surface area contributed by atoms with Gasteiger partial charge in [-0.15, -0.1) is 22.7 Å². The van der Waals surface area contributed by atoms with Gasteiger partial charge in [0.05, 0.1) is 3.79 Å². The highest BCUT2D eigenvalue weighted by Gasteiger charge is 2.06. The van der Waals surface area contributed by atoms with Crippen LogP contribution in [0.4, 0.5) is 0 Å². The zero-order valence-electron chi connectivity index (χ0n) is 9.56. The van der Waals surface area contributed by atoms with Gasteiger partial charge in [0.25, 0.3) is 0 Å². The first-order chi connectivity index (χ1) is 8.24. The molecule has 0 amide bonds. The third-order valence-electron chi connectivity index (χ3n) is 2.67. The first-order valence-electron chi connectivity index (χ1n) is 5.76. The molecule has 0 aliphatic rings. The molecule has 2 aromatic heterocycles. The van der Waals surface area contributed by atoms with Gasteiger partial charge in [-0.3, -0.25) is 0 Å². The molecule has 0 aromatic carbocycles. The highest BCUT2D eigenvalue weighted by Crippen LogP contribution is 2.23. The summed E-state index contributed by atoms with van der Waals surface area (Å²) in [6.45, 7) is 0. The van der Waals surface area contributed by atoms with Crippen LogP contribution in [-0.4, -0.2) is 6.04 Å². The average Bonchev–Trinajstić information content (AvgIpc) is 2.90. The maximum Gasteiger partial charge on any atom is 0.0701 e. The average molecular weight is 330 g/mol. The van der Waals surface area contributed by atoms with Gasteiger partial charge in [-0.2, -0.15) is 0 Å². The summed E-state index contributed by atoms with van der Waals surface area (Å²) in [6, 6.07) is 8.86. The standard InChI is InChI=1S/C13H16BrNS2/c14-13-7-6-12(17-13)9-10(15)3-1-4-11-5-2-8-16-11/h2,5-8,10H,1,3-4,9,15H2. The molecule has 2 rings (SSSR count). The third kappa shape index (κ3) is 4.54. The van der Waals surface area contributed by atoms with E-state index in [1.54, 1.807) is 11.3 Å². The lowest BCUT2D eigenvalue weighted by molar-refractivity contribution is 0.585. The molecule has 0 fully saturated rings. The molecule has 0 spiro atoms. The SMILES string of the molecule is NC(CCCc1cccs1)Cc1ccc(Br)s1. The maximum atomic E-state index is 6.15. The molecule has 0 radical (unpaired) electrons. The molecule has 1 nitrogen and oxygen atoms in total. The van der Waals surface area contributed by atoms with Crippen LogP contribution in [0.15, 0.2) is 33.4 Å². The summed E-state index contributed by atoms with van der Waals surface area (Å²) < 4.78 is 1.19. The van der Waals surface area contributed by atoms with Crippen molar-refractivity contribution in [3.63, 3.8) is 0 Å². The molecule has 2 aromatic rings. The molecular formula is C13H16BrNS2. The Kier molecular flexibility index (Phi) is 5.22. The van der Waals surface area contributed by atoms with Crippen molar-refractivity contribution in [3.8, 4) is 0 Å². The molecule has 1 unspecified atom stereocenters. The maximum absolute atomic E-state index is 6.15. The van der Waals surface area contributed by atoms with Crippen molar-refractivity contribution in [1.82, 2.24) is 0 Å². The molecule has 2 heterocycles. The zero-order valence-corrected chi connectivity index (χ0v) is 12.8. The molecular weight excluding hydrogens is 314 g/mol. The highest BCUT2D eigenvalue weighted by atomic mass is 79.9. The number of aryl methyl sites for hydroxylation is 1. The first-order valence-corrected chi connectivity index (χ1v) is 8.25. The third-order valence-corrected chi connectivity index (χ3v) is 5.25. The van der Waals surface area contributed by atoms with E-state index in [2.05, 4.69) is 45.6 Å². The summed E-state index contributed by atoms with van der Waals surface area (Å²) in [7, 11) is 0. The summed E-state index contributed by atoms with van der Waals surface area (Å²) in [6.07, 6.45) is 4.46. The zero-order chi connectivity index (χ0) is 12.1. The van der Waals surface area contributed by atoms with Crippen molar-refractivity contribution in [2.75, 3.05) is 0 Å². The molecule has 1 atom stereocenters. The van der Waals surface area contributed by atoms with E-state index in [0.29, 0.717) is 6.04 Å². The van der Waals surface area contributed by atoms with Gasteiger partial charge in [-0.05, 0) is 65.2 Å². The van der Waals surface area contributed by atoms with E-state index in [0.717, 1.165) is 12.8 Å². The van der Waals surface area contributed by atoms with E-state index < -0.39 is 0 Å². The second-order valence-corrected chi connectivity index (χ2v) is 7.72. The van der Waals surface area contributed by atoms with E-state index in [-0.39, 0.29) is 0 Å². The van der Waals surface area contributed by atoms with Crippen LogP contribution in [0, 0.1) is 0 Å². The van der Waals surface area contributed by atoms with Gasteiger partial charge in [0.2, 0.25) is 0 Å². The fraction of sp³-hybridized carbons (Fsp3) is 0.385. The fourth-order valence-electron chi connectivity index (χ4n) is 1.82. The predicted molar refractivity (Wildman–Crippen MR) is 81.0 cm³/mol. The molecule has 92 valence electrons. The number of hydrogen-bond acceptors (Lipinski definition) is 3. The largest absolute Gasteiger partial charge is 0.327 e. The van der Waals surface area contributed by atoms with Crippen molar-refractivity contribution in [3.05, 3.63) is 43.2 Å². The number of hydrogen-bond donors (Lipinski definition) is 1. The monoisotopic (exact) mass is 329 g/mol. The molecule has 2 N–H and O–H groups in total. The lowest BCUT2D eigenvalue weighted by Crippen LogP contribution is -2.22. The van der Waals surface area contributed by atoms with Crippen LogP contribution < -0.4 is 5.73 Å². The minimum Gasteiger partial charge on any atom is -0.327 e. The van der Waals surface area contributed by atoms with Gasteiger partial charge in [-0.25, -0.2) is 0 Å². The summed E-state index contributed by atoms with van der Waals surface area (Å²) in [5.74, 6) is 0. The van der Waals surface area contributed by atoms with Crippen LogP contribution in [0.1, 0.15) is 22.6 Å². The van der Waals surface area contributed by atoms with Gasteiger partial charge in [0.15, 0.2) is 0 Å². The topological polar surface area (TPSA) is 26.0 Å². The quantitative estimate of drug-likeness (QED) is 0.831. The molecule has 0 aliphatic carbocycles. The summed E-state index contributed by atoms with van der Waals surface area (Å²) >= 11 is 7.10. The van der Waals surface area contributed by atoms with E-state index in [9.17, 15) is 0 Å². The van der Waals surface area contributed by atoms with Gasteiger partial charge in [0, 0.05) is 15.8 Å². The number of rotatable bonds is 6. The number of halogens is 1. The van der Waals surface area contributed by atoms with Crippen LogP contribution in [0.2, 0.25) is 0 Å². The Balaban J connectivity index is 1.69. The first kappa shape index (κ1) is 13.3. The molecule has 4 heteroatoms.